The van der Waals surface area contributed by atoms with Crippen molar-refractivity contribution in [3.63, 3.8) is 0 Å². The van der Waals surface area contributed by atoms with Crippen LogP contribution in [0, 0.1) is 0 Å². The number of hydrogen-bond acceptors (Lipinski definition) is 4. The zero-order chi connectivity index (χ0) is 24.9. The van der Waals surface area contributed by atoms with Crippen molar-refractivity contribution in [2.75, 3.05) is 0 Å². The van der Waals surface area contributed by atoms with Crippen LogP contribution in [0.15, 0.2) is 103 Å². The summed E-state index contributed by atoms with van der Waals surface area (Å²) in [5, 5.41) is 1.04. The van der Waals surface area contributed by atoms with Gasteiger partial charge in [-0.05, 0) is 35.0 Å². The number of fused-ring (bicyclic) bond motifs is 4. The lowest BCUT2D eigenvalue weighted by Gasteiger charge is -2.40. The van der Waals surface area contributed by atoms with E-state index in [1.165, 1.54) is 0 Å². The summed E-state index contributed by atoms with van der Waals surface area (Å²) in [6.07, 6.45) is -1.56. The van der Waals surface area contributed by atoms with Gasteiger partial charge in [-0.15, -0.1) is 0 Å². The van der Waals surface area contributed by atoms with E-state index < -0.39 is 32.4 Å². The van der Waals surface area contributed by atoms with Gasteiger partial charge in [0.2, 0.25) is 8.32 Å². The van der Waals surface area contributed by atoms with E-state index in [9.17, 15) is 9.59 Å². The van der Waals surface area contributed by atoms with Crippen LogP contribution in [0.2, 0.25) is 13.1 Å². The molecule has 4 aromatic carbocycles. The highest BCUT2D eigenvalue weighted by Gasteiger charge is 2.49. The van der Waals surface area contributed by atoms with Gasteiger partial charge in [-0.25, -0.2) is 4.79 Å². The second-order valence-electron chi connectivity index (χ2n) is 9.84. The third-order valence-electron chi connectivity index (χ3n) is 7.25. The average Bonchev–Trinajstić information content (AvgIpc) is 3.22. The number of carbonyl (C=O) groups excluding carboxylic acids is 2. The van der Waals surface area contributed by atoms with Crippen molar-refractivity contribution < 1.29 is 18.8 Å². The van der Waals surface area contributed by atoms with E-state index in [1.54, 1.807) is 12.1 Å². The molecule has 0 fully saturated rings. The molecule has 5 heteroatoms. The number of benzene rings is 4. The summed E-state index contributed by atoms with van der Waals surface area (Å²) in [6, 6.07) is 33.0. The lowest BCUT2D eigenvalue weighted by molar-refractivity contribution is -0.157. The molecule has 0 bridgehead atoms. The Morgan fingerprint density at radius 3 is 1.86 bits per heavy atom. The molecule has 1 heterocycles. The van der Waals surface area contributed by atoms with Gasteiger partial charge < -0.3 is 9.16 Å². The second kappa shape index (κ2) is 8.70. The molecule has 2 atom stereocenters. The van der Waals surface area contributed by atoms with Gasteiger partial charge in [-0.2, -0.15) is 0 Å². The minimum Gasteiger partial charge on any atom is -0.451 e. The molecule has 0 unspecified atom stereocenters. The molecule has 0 amide bonds. The van der Waals surface area contributed by atoms with Crippen molar-refractivity contribution in [1.82, 2.24) is 0 Å². The van der Waals surface area contributed by atoms with E-state index in [2.05, 4.69) is 13.1 Å². The summed E-state index contributed by atoms with van der Waals surface area (Å²) >= 11 is 0. The molecule has 178 valence electrons. The molecular weight excluding hydrogens is 464 g/mol. The third kappa shape index (κ3) is 3.63. The minimum atomic E-state index is -2.48. The summed E-state index contributed by atoms with van der Waals surface area (Å²) in [5.74, 6) is -1.42. The molecule has 0 saturated heterocycles. The van der Waals surface area contributed by atoms with Gasteiger partial charge in [0.25, 0.3) is 0 Å². The quantitative estimate of drug-likeness (QED) is 0.207. The number of esters is 1. The molecule has 0 saturated carbocycles. The number of hydrogen-bond donors (Lipinski definition) is 0. The van der Waals surface area contributed by atoms with E-state index in [-0.39, 0.29) is 5.78 Å². The summed E-state index contributed by atoms with van der Waals surface area (Å²) in [5.41, 5.74) is 5.44. The van der Waals surface area contributed by atoms with Gasteiger partial charge in [0.1, 0.15) is 0 Å². The number of Topliss-reactive ketones (excluding diaryl/α,β-unsaturated/α-hetero) is 1. The first-order valence-corrected chi connectivity index (χ1v) is 15.1. The number of carbonyl (C=O) groups is 2. The van der Waals surface area contributed by atoms with Crippen molar-refractivity contribution in [3.8, 4) is 11.1 Å². The van der Waals surface area contributed by atoms with Crippen molar-refractivity contribution in [2.45, 2.75) is 31.2 Å². The van der Waals surface area contributed by atoms with Crippen LogP contribution in [0.5, 0.6) is 0 Å². The zero-order valence-corrected chi connectivity index (χ0v) is 21.2. The fourth-order valence-electron chi connectivity index (χ4n) is 5.59. The molecule has 1 aliphatic heterocycles. The maximum atomic E-state index is 13.9. The molecule has 0 aromatic heterocycles. The predicted octanol–water partition coefficient (Wildman–Crippen LogP) is 5.78. The molecule has 4 nitrogen and oxygen atoms in total. The number of ether oxygens (including phenoxy) is 1. The first-order chi connectivity index (χ1) is 17.5. The summed E-state index contributed by atoms with van der Waals surface area (Å²) in [7, 11) is -2.48. The summed E-state index contributed by atoms with van der Waals surface area (Å²) in [4.78, 5) is 27.8. The van der Waals surface area contributed by atoms with Gasteiger partial charge in [-0.3, -0.25) is 4.79 Å². The highest BCUT2D eigenvalue weighted by atomic mass is 28.4. The molecule has 0 spiro atoms. The summed E-state index contributed by atoms with van der Waals surface area (Å²) in [6.45, 7) is 4.13. The Bertz CT molecular complexity index is 1430. The van der Waals surface area contributed by atoms with Crippen LogP contribution in [0.3, 0.4) is 0 Å². The molecule has 2 aliphatic rings. The van der Waals surface area contributed by atoms with E-state index in [0.29, 0.717) is 5.56 Å². The highest BCUT2D eigenvalue weighted by Crippen LogP contribution is 2.46. The highest BCUT2D eigenvalue weighted by molar-refractivity contribution is 6.85. The fourth-order valence-corrected chi connectivity index (χ4v) is 8.02. The van der Waals surface area contributed by atoms with Gasteiger partial charge in [0.15, 0.2) is 18.0 Å². The Labute approximate surface area is 211 Å². The van der Waals surface area contributed by atoms with E-state index >= 15 is 0 Å². The van der Waals surface area contributed by atoms with Crippen LogP contribution in [0.25, 0.3) is 11.1 Å². The Hall–Kier alpha value is -3.80. The van der Waals surface area contributed by atoms with Crippen LogP contribution in [0.1, 0.15) is 39.1 Å². The zero-order valence-electron chi connectivity index (χ0n) is 20.2. The van der Waals surface area contributed by atoms with Crippen LogP contribution < -0.4 is 5.19 Å². The molecule has 36 heavy (non-hydrogen) atoms. The SMILES string of the molecule is C[Si]1(C)O[C@@H](C(=O)OC2c3ccccc3-c3ccccc32)[C@H](C(=O)c2ccccc2)c2ccccc21. The van der Waals surface area contributed by atoms with Crippen molar-refractivity contribution in [3.05, 3.63) is 125 Å². The lowest BCUT2D eigenvalue weighted by Crippen LogP contribution is -2.58. The molecule has 4 aromatic rings. The van der Waals surface area contributed by atoms with Gasteiger partial charge in [0.05, 0.1) is 5.92 Å². The summed E-state index contributed by atoms with van der Waals surface area (Å²) < 4.78 is 12.8. The topological polar surface area (TPSA) is 52.6 Å². The first-order valence-electron chi connectivity index (χ1n) is 12.2. The van der Waals surface area contributed by atoms with E-state index in [0.717, 1.165) is 33.0 Å². The Morgan fingerprint density at radius 1 is 0.694 bits per heavy atom. The smallest absolute Gasteiger partial charge is 0.336 e. The van der Waals surface area contributed by atoms with E-state index in [1.807, 2.05) is 91.0 Å². The first kappa shape index (κ1) is 22.6. The Kier molecular flexibility index (Phi) is 5.47. The van der Waals surface area contributed by atoms with Crippen molar-refractivity contribution >= 4 is 25.3 Å². The number of ketones is 1. The van der Waals surface area contributed by atoms with Crippen LogP contribution >= 0.6 is 0 Å². The normalized spacial score (nSPS) is 19.6. The maximum absolute atomic E-state index is 13.9. The molecule has 0 radical (unpaired) electrons. The number of rotatable bonds is 4. The minimum absolute atomic E-state index is 0.137. The molecular formula is C31H26O4Si. The standard InChI is InChI=1S/C31H26O4Si/c1-36(2)26-19-11-10-18-25(26)27(28(32)20-12-4-3-5-13-20)30(35-36)31(33)34-29-23-16-8-6-14-21(23)22-15-7-9-17-24(22)29/h3-19,27,29-30H,1-2H3/t27-,30+/m0/s1. The van der Waals surface area contributed by atoms with Crippen LogP contribution in [-0.4, -0.2) is 26.2 Å². The third-order valence-corrected chi connectivity index (χ3v) is 9.85. The molecule has 1 aliphatic carbocycles. The fraction of sp³-hybridized carbons (Fsp3) is 0.161. The van der Waals surface area contributed by atoms with E-state index in [4.69, 9.17) is 9.16 Å². The van der Waals surface area contributed by atoms with Crippen LogP contribution in [-0.2, 0) is 14.0 Å². The molecule has 0 N–H and O–H groups in total. The second-order valence-corrected chi connectivity index (χ2v) is 13.6. The maximum Gasteiger partial charge on any atom is 0.336 e. The monoisotopic (exact) mass is 490 g/mol. The van der Waals surface area contributed by atoms with Crippen molar-refractivity contribution in [1.29, 1.82) is 0 Å². The average molecular weight is 491 g/mol. The van der Waals surface area contributed by atoms with Gasteiger partial charge >= 0.3 is 5.97 Å². The largest absolute Gasteiger partial charge is 0.451 e. The predicted molar refractivity (Wildman–Crippen MR) is 142 cm³/mol. The van der Waals surface area contributed by atoms with Gasteiger partial charge in [0, 0.05) is 16.7 Å². The molecule has 6 rings (SSSR count). The lowest BCUT2D eigenvalue weighted by atomic mass is 9.85. The Balaban J connectivity index is 1.42. The van der Waals surface area contributed by atoms with Crippen LogP contribution in [0.4, 0.5) is 0 Å². The van der Waals surface area contributed by atoms with Crippen molar-refractivity contribution in [2.24, 2.45) is 0 Å². The van der Waals surface area contributed by atoms with Gasteiger partial charge in [-0.1, -0.05) is 103 Å². The Morgan fingerprint density at radius 2 is 1.22 bits per heavy atom.